The summed E-state index contributed by atoms with van der Waals surface area (Å²) in [6, 6.07) is 5.28. The Morgan fingerprint density at radius 1 is 1.26 bits per heavy atom. The molecule has 6 heteroatoms. The molecule has 0 saturated heterocycles. The molecule has 1 aromatic rings. The molecule has 1 N–H and O–H groups in total. The molecule has 0 radical (unpaired) electrons. The first-order valence-corrected chi connectivity index (χ1v) is 7.91. The Morgan fingerprint density at radius 2 is 1.89 bits per heavy atom. The van der Waals surface area contributed by atoms with Crippen LogP contribution in [-0.4, -0.2) is 32.4 Å². The van der Waals surface area contributed by atoms with Crippen molar-refractivity contribution in [3.8, 4) is 0 Å². The predicted octanol–water partition coefficient (Wildman–Crippen LogP) is 0.942. The van der Waals surface area contributed by atoms with Crippen molar-refractivity contribution >= 4 is 21.5 Å². The van der Waals surface area contributed by atoms with Crippen LogP contribution in [0, 0.1) is 0 Å². The molecule has 19 heavy (non-hydrogen) atoms. The summed E-state index contributed by atoms with van der Waals surface area (Å²) in [6.07, 6.45) is 3.10. The summed E-state index contributed by atoms with van der Waals surface area (Å²) < 4.78 is 22.6. The molecule has 1 aliphatic rings. The monoisotopic (exact) mass is 281 g/mol. The normalized spacial score (nSPS) is 19.4. The predicted molar refractivity (Wildman–Crippen MR) is 69.7 cm³/mol. The molecular weight excluding hydrogens is 266 g/mol. The topological polar surface area (TPSA) is 80.3 Å². The number of Topliss-reactive ketones (excluding diaryl/α,β-unsaturated/α-hetero) is 1. The number of nitrogens with one attached hydrogen (secondary N) is 1. The van der Waals surface area contributed by atoms with Crippen LogP contribution in [0.3, 0.4) is 0 Å². The van der Waals surface area contributed by atoms with E-state index < -0.39 is 15.9 Å². The number of rotatable bonds is 3. The minimum atomic E-state index is -3.26. The molecule has 1 amide bonds. The molecule has 0 spiro atoms. The van der Waals surface area contributed by atoms with Gasteiger partial charge in [-0.1, -0.05) is 0 Å². The lowest BCUT2D eigenvalue weighted by Gasteiger charge is -2.10. The highest BCUT2D eigenvalue weighted by molar-refractivity contribution is 7.90. The molecule has 1 aliphatic carbocycles. The summed E-state index contributed by atoms with van der Waals surface area (Å²) in [4.78, 5) is 23.5. The summed E-state index contributed by atoms with van der Waals surface area (Å²) >= 11 is 0. The van der Waals surface area contributed by atoms with E-state index in [0.717, 1.165) is 12.7 Å². The smallest absolute Gasteiger partial charge is 0.251 e. The molecular formula is C13H15NO4S. The van der Waals surface area contributed by atoms with Crippen molar-refractivity contribution in [3.63, 3.8) is 0 Å². The van der Waals surface area contributed by atoms with Crippen molar-refractivity contribution in [2.75, 3.05) is 6.26 Å². The zero-order chi connectivity index (χ0) is 14.0. The van der Waals surface area contributed by atoms with Gasteiger partial charge in [-0.05, 0) is 37.1 Å². The number of carbonyl (C=O) groups is 2. The molecule has 1 atom stereocenters. The Bertz CT molecular complexity index is 604. The van der Waals surface area contributed by atoms with Gasteiger partial charge in [-0.3, -0.25) is 9.59 Å². The highest BCUT2D eigenvalue weighted by Gasteiger charge is 2.26. The Kier molecular flexibility index (Phi) is 3.71. The lowest BCUT2D eigenvalue weighted by atomic mass is 10.2. The molecule has 0 aliphatic heterocycles. The molecule has 0 aromatic heterocycles. The van der Waals surface area contributed by atoms with E-state index >= 15 is 0 Å². The number of carbonyl (C=O) groups excluding carboxylic acids is 2. The average Bonchev–Trinajstić information content (AvgIpc) is 2.74. The highest BCUT2D eigenvalue weighted by Crippen LogP contribution is 2.15. The van der Waals surface area contributed by atoms with E-state index in [1.165, 1.54) is 24.3 Å². The van der Waals surface area contributed by atoms with Crippen molar-refractivity contribution in [1.29, 1.82) is 0 Å². The van der Waals surface area contributed by atoms with Crippen LogP contribution in [0.4, 0.5) is 0 Å². The first-order chi connectivity index (χ1) is 8.88. The lowest BCUT2D eigenvalue weighted by Crippen LogP contribution is -2.37. The summed E-state index contributed by atoms with van der Waals surface area (Å²) in [5.74, 6) is -0.290. The van der Waals surface area contributed by atoms with Gasteiger partial charge in [-0.15, -0.1) is 0 Å². The van der Waals surface area contributed by atoms with E-state index in [1.54, 1.807) is 0 Å². The second-order valence-corrected chi connectivity index (χ2v) is 6.70. The van der Waals surface area contributed by atoms with Crippen molar-refractivity contribution in [2.45, 2.75) is 30.2 Å². The van der Waals surface area contributed by atoms with Crippen molar-refractivity contribution < 1.29 is 18.0 Å². The zero-order valence-corrected chi connectivity index (χ0v) is 11.4. The fourth-order valence-corrected chi connectivity index (χ4v) is 2.69. The van der Waals surface area contributed by atoms with E-state index in [9.17, 15) is 18.0 Å². The second kappa shape index (κ2) is 5.13. The molecule has 2 rings (SSSR count). The third-order valence-corrected chi connectivity index (χ3v) is 4.28. The average molecular weight is 281 g/mol. The van der Waals surface area contributed by atoms with Gasteiger partial charge < -0.3 is 5.32 Å². The number of sulfone groups is 1. The molecule has 0 heterocycles. The van der Waals surface area contributed by atoms with Crippen LogP contribution in [0.25, 0.3) is 0 Å². The Balaban J connectivity index is 2.10. The number of hydrogen-bond donors (Lipinski definition) is 1. The number of ketones is 1. The summed E-state index contributed by atoms with van der Waals surface area (Å²) in [7, 11) is -3.26. The third-order valence-electron chi connectivity index (χ3n) is 3.15. The maximum absolute atomic E-state index is 11.9. The van der Waals surface area contributed by atoms with Crippen LogP contribution < -0.4 is 5.32 Å². The maximum Gasteiger partial charge on any atom is 0.251 e. The maximum atomic E-state index is 11.9. The largest absolute Gasteiger partial charge is 0.342 e. The number of amides is 1. The minimum Gasteiger partial charge on any atom is -0.342 e. The van der Waals surface area contributed by atoms with E-state index in [-0.39, 0.29) is 16.6 Å². The second-order valence-electron chi connectivity index (χ2n) is 4.68. The van der Waals surface area contributed by atoms with Crippen LogP contribution in [0.1, 0.15) is 29.6 Å². The van der Waals surface area contributed by atoms with Gasteiger partial charge in [0, 0.05) is 18.2 Å². The van der Waals surface area contributed by atoms with Gasteiger partial charge in [-0.2, -0.15) is 0 Å². The molecule has 5 nitrogen and oxygen atoms in total. The molecule has 1 saturated carbocycles. The highest BCUT2D eigenvalue weighted by atomic mass is 32.2. The van der Waals surface area contributed by atoms with Gasteiger partial charge in [0.25, 0.3) is 5.91 Å². The van der Waals surface area contributed by atoms with E-state index in [2.05, 4.69) is 5.32 Å². The lowest BCUT2D eigenvalue weighted by molar-refractivity contribution is -0.118. The van der Waals surface area contributed by atoms with E-state index in [1.807, 2.05) is 0 Å². The Hall–Kier alpha value is -1.69. The molecule has 0 bridgehead atoms. The van der Waals surface area contributed by atoms with E-state index in [4.69, 9.17) is 0 Å². The van der Waals surface area contributed by atoms with Gasteiger partial charge in [0.1, 0.15) is 0 Å². The summed E-state index contributed by atoms with van der Waals surface area (Å²) in [6.45, 7) is 0. The summed E-state index contributed by atoms with van der Waals surface area (Å²) in [5, 5.41) is 2.67. The van der Waals surface area contributed by atoms with Crippen molar-refractivity contribution in [1.82, 2.24) is 5.32 Å². The Labute approximate surface area is 111 Å². The summed E-state index contributed by atoms with van der Waals surface area (Å²) in [5.41, 5.74) is 0.354. The van der Waals surface area contributed by atoms with Gasteiger partial charge in [0.2, 0.25) is 0 Å². The van der Waals surface area contributed by atoms with Gasteiger partial charge >= 0.3 is 0 Å². The molecule has 1 fully saturated rings. The SMILES string of the molecule is CS(=O)(=O)c1ccc(C(=O)N[C@@H]2CCCC2=O)cc1. The van der Waals surface area contributed by atoms with Crippen LogP contribution in [0.15, 0.2) is 29.2 Å². The van der Waals surface area contributed by atoms with Gasteiger partial charge in [0.05, 0.1) is 10.9 Å². The van der Waals surface area contributed by atoms with Crippen LogP contribution in [0.2, 0.25) is 0 Å². The van der Waals surface area contributed by atoms with Gasteiger partial charge in [0.15, 0.2) is 15.6 Å². The molecule has 102 valence electrons. The number of benzene rings is 1. The fraction of sp³-hybridized carbons (Fsp3) is 0.385. The third kappa shape index (κ3) is 3.20. The van der Waals surface area contributed by atoms with Gasteiger partial charge in [-0.25, -0.2) is 8.42 Å². The first kappa shape index (κ1) is 13.7. The minimum absolute atomic E-state index is 0.0566. The standard InChI is InChI=1S/C13H15NO4S/c1-19(17,18)10-7-5-9(6-8-10)13(16)14-11-3-2-4-12(11)15/h5-8,11H,2-4H2,1H3,(H,14,16)/t11-/m1/s1. The quantitative estimate of drug-likeness (QED) is 0.894. The first-order valence-electron chi connectivity index (χ1n) is 6.01. The molecule has 0 unspecified atom stereocenters. The molecule has 1 aromatic carbocycles. The zero-order valence-electron chi connectivity index (χ0n) is 10.5. The fourth-order valence-electron chi connectivity index (χ4n) is 2.06. The van der Waals surface area contributed by atoms with Crippen molar-refractivity contribution in [3.05, 3.63) is 29.8 Å². The van der Waals surface area contributed by atoms with Crippen LogP contribution in [0.5, 0.6) is 0 Å². The Morgan fingerprint density at radius 3 is 2.37 bits per heavy atom. The van der Waals surface area contributed by atoms with E-state index in [0.29, 0.717) is 18.4 Å². The number of hydrogen-bond acceptors (Lipinski definition) is 4. The van der Waals surface area contributed by atoms with Crippen molar-refractivity contribution in [2.24, 2.45) is 0 Å². The van der Waals surface area contributed by atoms with Crippen LogP contribution in [-0.2, 0) is 14.6 Å². The van der Waals surface area contributed by atoms with Crippen LogP contribution >= 0.6 is 0 Å².